The van der Waals surface area contributed by atoms with Crippen LogP contribution < -0.4 is 10.6 Å². The Morgan fingerprint density at radius 3 is 2.68 bits per heavy atom. The summed E-state index contributed by atoms with van der Waals surface area (Å²) in [6, 6.07) is 4.96. The van der Waals surface area contributed by atoms with Gasteiger partial charge < -0.3 is 20.8 Å². The van der Waals surface area contributed by atoms with Crippen LogP contribution in [0.2, 0.25) is 0 Å². The summed E-state index contributed by atoms with van der Waals surface area (Å²) >= 11 is 0. The third-order valence-electron chi connectivity index (χ3n) is 3.55. The minimum atomic E-state index is -0.870. The van der Waals surface area contributed by atoms with Gasteiger partial charge in [0, 0.05) is 36.8 Å². The van der Waals surface area contributed by atoms with Crippen LogP contribution in [0.3, 0.4) is 0 Å². The summed E-state index contributed by atoms with van der Waals surface area (Å²) in [5.41, 5.74) is 7.65. The number of phenolic OH excluding ortho intramolecular Hbond substituents is 1. The van der Waals surface area contributed by atoms with Crippen molar-refractivity contribution in [1.82, 2.24) is 0 Å². The predicted octanol–water partition coefficient (Wildman–Crippen LogP) is 1.86. The van der Waals surface area contributed by atoms with Gasteiger partial charge >= 0.3 is 5.97 Å². The first-order valence-corrected chi connectivity index (χ1v) is 6.63. The van der Waals surface area contributed by atoms with Crippen molar-refractivity contribution < 1.29 is 15.0 Å². The van der Waals surface area contributed by atoms with Crippen LogP contribution in [0.15, 0.2) is 18.2 Å². The molecular formula is C14H20N2O3. The second-order valence-electron chi connectivity index (χ2n) is 4.98. The molecule has 1 aromatic rings. The molecule has 19 heavy (non-hydrogen) atoms. The molecule has 0 radical (unpaired) electrons. The maximum Gasteiger partial charge on any atom is 0.303 e. The van der Waals surface area contributed by atoms with Crippen molar-refractivity contribution in [1.29, 1.82) is 0 Å². The number of benzene rings is 1. The van der Waals surface area contributed by atoms with Crippen LogP contribution in [-0.4, -0.2) is 29.3 Å². The van der Waals surface area contributed by atoms with Gasteiger partial charge in [0.1, 0.15) is 5.75 Å². The molecule has 0 spiro atoms. The lowest BCUT2D eigenvalue weighted by atomic mass is 10.0. The van der Waals surface area contributed by atoms with Gasteiger partial charge in [-0.25, -0.2) is 0 Å². The van der Waals surface area contributed by atoms with Gasteiger partial charge in [0.05, 0.1) is 0 Å². The zero-order valence-electron chi connectivity index (χ0n) is 10.9. The van der Waals surface area contributed by atoms with E-state index in [2.05, 4.69) is 4.90 Å². The van der Waals surface area contributed by atoms with Gasteiger partial charge in [-0.1, -0.05) is 0 Å². The fraction of sp³-hybridized carbons (Fsp3) is 0.500. The molecule has 4 N–H and O–H groups in total. The second kappa shape index (κ2) is 5.93. The van der Waals surface area contributed by atoms with Gasteiger partial charge in [-0.2, -0.15) is 0 Å². The summed E-state index contributed by atoms with van der Waals surface area (Å²) in [6.07, 6.45) is 2.70. The first-order chi connectivity index (χ1) is 9.08. The number of anilines is 1. The third-order valence-corrected chi connectivity index (χ3v) is 3.55. The van der Waals surface area contributed by atoms with E-state index in [4.69, 9.17) is 10.8 Å². The van der Waals surface area contributed by atoms with Crippen LogP contribution in [0, 0.1) is 0 Å². The number of carbonyl (C=O) groups is 1. The molecule has 0 bridgehead atoms. The Balaban J connectivity index is 2.13. The van der Waals surface area contributed by atoms with Crippen LogP contribution in [0.5, 0.6) is 5.75 Å². The molecule has 1 heterocycles. The smallest absolute Gasteiger partial charge is 0.303 e. The van der Waals surface area contributed by atoms with Crippen molar-refractivity contribution in [3.63, 3.8) is 0 Å². The van der Waals surface area contributed by atoms with Crippen LogP contribution in [0.1, 0.15) is 37.3 Å². The van der Waals surface area contributed by atoms with E-state index < -0.39 is 12.0 Å². The first-order valence-electron chi connectivity index (χ1n) is 6.63. The molecule has 0 saturated carbocycles. The van der Waals surface area contributed by atoms with E-state index in [0.717, 1.165) is 18.8 Å². The second-order valence-corrected chi connectivity index (χ2v) is 4.98. The van der Waals surface area contributed by atoms with E-state index in [0.29, 0.717) is 12.0 Å². The van der Waals surface area contributed by atoms with Gasteiger partial charge in [-0.15, -0.1) is 0 Å². The number of carboxylic acids is 1. The SMILES string of the molecule is NC(CCC(=O)O)c1cc(N2CCCC2)ccc1O. The Hall–Kier alpha value is -1.75. The van der Waals surface area contributed by atoms with Crippen molar-refractivity contribution in [3.8, 4) is 5.75 Å². The highest BCUT2D eigenvalue weighted by molar-refractivity contribution is 5.66. The maximum atomic E-state index is 10.6. The number of nitrogens with zero attached hydrogens (tertiary/aromatic N) is 1. The predicted molar refractivity (Wildman–Crippen MR) is 73.4 cm³/mol. The molecule has 1 unspecified atom stereocenters. The lowest BCUT2D eigenvalue weighted by Gasteiger charge is -2.20. The lowest BCUT2D eigenvalue weighted by molar-refractivity contribution is -0.137. The molecule has 5 nitrogen and oxygen atoms in total. The van der Waals surface area contributed by atoms with Crippen LogP contribution >= 0.6 is 0 Å². The summed E-state index contributed by atoms with van der Waals surface area (Å²) in [5, 5.41) is 18.5. The van der Waals surface area contributed by atoms with Crippen molar-refractivity contribution in [2.24, 2.45) is 5.73 Å². The summed E-state index contributed by atoms with van der Waals surface area (Å²) in [4.78, 5) is 12.8. The molecule has 0 amide bonds. The summed E-state index contributed by atoms with van der Waals surface area (Å²) in [6.45, 7) is 2.04. The molecule has 5 heteroatoms. The van der Waals surface area contributed by atoms with E-state index in [1.165, 1.54) is 12.8 Å². The van der Waals surface area contributed by atoms with Gasteiger partial charge in [-0.05, 0) is 37.5 Å². The number of hydrogen-bond donors (Lipinski definition) is 3. The normalized spacial score (nSPS) is 16.6. The number of phenols is 1. The molecule has 0 aliphatic carbocycles. The number of aromatic hydroxyl groups is 1. The van der Waals surface area contributed by atoms with Crippen LogP contribution in [-0.2, 0) is 4.79 Å². The van der Waals surface area contributed by atoms with Gasteiger partial charge in [0.2, 0.25) is 0 Å². The van der Waals surface area contributed by atoms with E-state index in [1.54, 1.807) is 6.07 Å². The Morgan fingerprint density at radius 1 is 1.37 bits per heavy atom. The number of hydrogen-bond acceptors (Lipinski definition) is 4. The fourth-order valence-electron chi connectivity index (χ4n) is 2.45. The van der Waals surface area contributed by atoms with E-state index in [9.17, 15) is 9.90 Å². The Kier molecular flexibility index (Phi) is 4.27. The molecule has 0 aromatic heterocycles. The zero-order valence-corrected chi connectivity index (χ0v) is 10.9. The molecule has 2 rings (SSSR count). The van der Waals surface area contributed by atoms with E-state index in [-0.39, 0.29) is 12.2 Å². The van der Waals surface area contributed by atoms with E-state index in [1.807, 2.05) is 12.1 Å². The molecule has 1 aliphatic heterocycles. The minimum Gasteiger partial charge on any atom is -0.508 e. The quantitative estimate of drug-likeness (QED) is 0.755. The number of carboxylic acid groups (broad SMARTS) is 1. The summed E-state index contributed by atoms with van der Waals surface area (Å²) in [5.74, 6) is -0.730. The molecular weight excluding hydrogens is 244 g/mol. The average molecular weight is 264 g/mol. The number of aliphatic carboxylic acids is 1. The largest absolute Gasteiger partial charge is 0.508 e. The summed E-state index contributed by atoms with van der Waals surface area (Å²) in [7, 11) is 0. The molecule has 1 aromatic carbocycles. The van der Waals surface area contributed by atoms with E-state index >= 15 is 0 Å². The molecule has 1 saturated heterocycles. The molecule has 1 atom stereocenters. The Labute approximate surface area is 112 Å². The highest BCUT2D eigenvalue weighted by atomic mass is 16.4. The minimum absolute atomic E-state index is 0.00848. The summed E-state index contributed by atoms with van der Waals surface area (Å²) < 4.78 is 0. The molecule has 1 fully saturated rings. The third kappa shape index (κ3) is 3.38. The zero-order chi connectivity index (χ0) is 13.8. The lowest BCUT2D eigenvalue weighted by Crippen LogP contribution is -2.19. The van der Waals surface area contributed by atoms with Gasteiger partial charge in [0.15, 0.2) is 0 Å². The van der Waals surface area contributed by atoms with Gasteiger partial charge in [-0.3, -0.25) is 4.79 Å². The molecule has 1 aliphatic rings. The fourth-order valence-corrected chi connectivity index (χ4v) is 2.45. The monoisotopic (exact) mass is 264 g/mol. The van der Waals surface area contributed by atoms with Crippen molar-refractivity contribution in [2.45, 2.75) is 31.7 Å². The van der Waals surface area contributed by atoms with Gasteiger partial charge in [0.25, 0.3) is 0 Å². The maximum absolute atomic E-state index is 10.6. The highest BCUT2D eigenvalue weighted by Gasteiger charge is 2.17. The van der Waals surface area contributed by atoms with Crippen molar-refractivity contribution in [3.05, 3.63) is 23.8 Å². The van der Waals surface area contributed by atoms with Crippen molar-refractivity contribution >= 4 is 11.7 Å². The van der Waals surface area contributed by atoms with Crippen LogP contribution in [0.25, 0.3) is 0 Å². The van der Waals surface area contributed by atoms with Crippen molar-refractivity contribution in [2.75, 3.05) is 18.0 Å². The van der Waals surface area contributed by atoms with Crippen LogP contribution in [0.4, 0.5) is 5.69 Å². The average Bonchev–Trinajstić information content (AvgIpc) is 2.90. The number of nitrogens with two attached hydrogens (primary N) is 1. The Bertz CT molecular complexity index is 456. The first kappa shape index (κ1) is 13.7. The molecule has 104 valence electrons. The standard InChI is InChI=1S/C14H20N2O3/c15-12(4-6-14(18)19)11-9-10(3-5-13(11)17)16-7-1-2-8-16/h3,5,9,12,17H,1-2,4,6-8,15H2,(H,18,19). The highest BCUT2D eigenvalue weighted by Crippen LogP contribution is 2.31. The Morgan fingerprint density at radius 2 is 2.05 bits per heavy atom. The topological polar surface area (TPSA) is 86.8 Å². The number of rotatable bonds is 5.